The van der Waals surface area contributed by atoms with Crippen molar-refractivity contribution in [1.82, 2.24) is 20.9 Å². The minimum absolute atomic E-state index is 0.185. The van der Waals surface area contributed by atoms with Gasteiger partial charge in [-0.3, -0.25) is 9.59 Å². The van der Waals surface area contributed by atoms with E-state index in [0.717, 1.165) is 22.4 Å². The van der Waals surface area contributed by atoms with Crippen LogP contribution in [0, 0.1) is 5.92 Å². The van der Waals surface area contributed by atoms with E-state index in [1.54, 1.807) is 12.0 Å². The van der Waals surface area contributed by atoms with Crippen molar-refractivity contribution in [1.29, 1.82) is 0 Å². The van der Waals surface area contributed by atoms with Crippen LogP contribution in [0.1, 0.15) is 49.8 Å². The molecule has 0 spiro atoms. The summed E-state index contributed by atoms with van der Waals surface area (Å²) < 4.78 is 10.2. The first-order valence-electron chi connectivity index (χ1n) is 16.8. The monoisotopic (exact) mass is 658 g/mol. The molecular weight excluding hydrogens is 608 g/mol. The van der Waals surface area contributed by atoms with Crippen molar-refractivity contribution >= 4 is 17.9 Å². The van der Waals surface area contributed by atoms with Gasteiger partial charge in [-0.15, -0.1) is 0 Å². The van der Waals surface area contributed by atoms with E-state index in [-0.39, 0.29) is 24.3 Å². The fraction of sp³-hybridized carbons (Fsp3) is 0.447. The van der Waals surface area contributed by atoms with Crippen LogP contribution in [-0.4, -0.2) is 78.9 Å². The van der Waals surface area contributed by atoms with Gasteiger partial charge in [-0.25, -0.2) is 4.79 Å². The van der Waals surface area contributed by atoms with Crippen molar-refractivity contribution < 1.29 is 29.0 Å². The molecule has 1 aliphatic rings. The quantitative estimate of drug-likeness (QED) is 0.171. The van der Waals surface area contributed by atoms with Crippen molar-refractivity contribution in [2.45, 2.75) is 76.2 Å². The van der Waals surface area contributed by atoms with Gasteiger partial charge in [0.1, 0.15) is 17.3 Å². The number of carbonyl (C=O) groups excluding carboxylic acids is 3. The average Bonchev–Trinajstić information content (AvgIpc) is 3.44. The van der Waals surface area contributed by atoms with Gasteiger partial charge in [0.25, 0.3) is 0 Å². The summed E-state index contributed by atoms with van der Waals surface area (Å²) in [5, 5.41) is 20.8. The predicted octanol–water partition coefficient (Wildman–Crippen LogP) is 4.25. The average molecular weight is 659 g/mol. The third kappa shape index (κ3) is 9.35. The van der Waals surface area contributed by atoms with Gasteiger partial charge in [-0.2, -0.15) is 0 Å². The van der Waals surface area contributed by atoms with Gasteiger partial charge in [0.05, 0.1) is 26.4 Å². The molecule has 3 aromatic carbocycles. The minimum atomic E-state index is -1.18. The summed E-state index contributed by atoms with van der Waals surface area (Å²) in [6.45, 7) is 4.94. The van der Waals surface area contributed by atoms with Crippen molar-refractivity contribution in [3.05, 3.63) is 102 Å². The van der Waals surface area contributed by atoms with Crippen LogP contribution in [0.2, 0.25) is 0 Å². The van der Waals surface area contributed by atoms with Crippen LogP contribution in [0.5, 0.6) is 5.75 Å². The zero-order valence-corrected chi connectivity index (χ0v) is 28.5. The number of alkyl carbamates (subject to hydrolysis) is 1. The highest BCUT2D eigenvalue weighted by molar-refractivity contribution is 5.96. The maximum Gasteiger partial charge on any atom is 0.407 e. The molecule has 0 aromatic heterocycles. The van der Waals surface area contributed by atoms with Crippen LogP contribution in [0.25, 0.3) is 0 Å². The summed E-state index contributed by atoms with van der Waals surface area (Å²) in [5.41, 5.74) is 1.83. The van der Waals surface area contributed by atoms with Crippen LogP contribution in [0.15, 0.2) is 84.9 Å². The maximum atomic E-state index is 14.3. The molecule has 0 bridgehead atoms. The highest BCUT2D eigenvalue weighted by atomic mass is 16.5. The van der Waals surface area contributed by atoms with E-state index in [0.29, 0.717) is 45.2 Å². The molecule has 1 heterocycles. The highest BCUT2D eigenvalue weighted by Crippen LogP contribution is 2.34. The van der Waals surface area contributed by atoms with Crippen molar-refractivity contribution in [3.8, 4) is 5.75 Å². The molecule has 10 heteroatoms. The van der Waals surface area contributed by atoms with E-state index in [9.17, 15) is 19.5 Å². The minimum Gasteiger partial charge on any atom is -0.497 e. The molecule has 0 unspecified atom stereocenters. The predicted molar refractivity (Wildman–Crippen MR) is 185 cm³/mol. The largest absolute Gasteiger partial charge is 0.497 e. The first kappa shape index (κ1) is 36.4. The number of amides is 3. The molecule has 1 fully saturated rings. The molecule has 48 heavy (non-hydrogen) atoms. The van der Waals surface area contributed by atoms with Crippen molar-refractivity contribution in [2.75, 3.05) is 27.3 Å². The molecule has 3 amide bonds. The summed E-state index contributed by atoms with van der Waals surface area (Å²) in [5.74, 6) is -0.0721. The standard InChI is InChI=1S/C38H50N4O6/c1-5-27(2)38(41-37(46)48-4)21-22-42(36(38)45)33(20-19-28-13-8-6-9-14-28)35(44)40-32(24-29-15-10-7-11-16-29)34(43)26-39-25-30-17-12-18-31(23-30)47-3/h6-18,23,27,32-34,39,43H,5,19-22,24-26H2,1-4H3,(H,40,44)(H,41,46)/t27-,32-,33-,34+,38-/m0/s1. The second-order valence-electron chi connectivity index (χ2n) is 12.5. The molecular formula is C38H50N4O6. The normalized spacial score (nSPS) is 18.4. The second-order valence-corrected chi connectivity index (χ2v) is 12.5. The van der Waals surface area contributed by atoms with Gasteiger partial charge in [0.2, 0.25) is 11.8 Å². The Morgan fingerprint density at radius 3 is 2.27 bits per heavy atom. The van der Waals surface area contributed by atoms with E-state index in [1.807, 2.05) is 98.8 Å². The molecule has 1 saturated heterocycles. The first-order chi connectivity index (χ1) is 23.2. The molecule has 0 radical (unpaired) electrons. The number of methoxy groups -OCH3 is 2. The van der Waals surface area contributed by atoms with Crippen molar-refractivity contribution in [3.63, 3.8) is 0 Å². The molecule has 4 rings (SSSR count). The lowest BCUT2D eigenvalue weighted by Gasteiger charge is -2.36. The molecule has 1 aliphatic heterocycles. The molecule has 0 saturated carbocycles. The number of hydrogen-bond donors (Lipinski definition) is 4. The van der Waals surface area contributed by atoms with Gasteiger partial charge >= 0.3 is 6.09 Å². The molecule has 3 aromatic rings. The van der Waals surface area contributed by atoms with E-state index in [4.69, 9.17) is 9.47 Å². The fourth-order valence-electron chi connectivity index (χ4n) is 6.43. The van der Waals surface area contributed by atoms with Gasteiger partial charge in [-0.05, 0) is 60.4 Å². The lowest BCUT2D eigenvalue weighted by atomic mass is 9.82. The smallest absolute Gasteiger partial charge is 0.407 e. The third-order valence-corrected chi connectivity index (χ3v) is 9.49. The number of aliphatic hydroxyl groups excluding tert-OH is 1. The second kappa shape index (κ2) is 17.7. The number of carbonyl (C=O) groups is 3. The number of ether oxygens (including phenoxy) is 2. The summed E-state index contributed by atoms with van der Waals surface area (Å²) in [6, 6.07) is 25.8. The van der Waals surface area contributed by atoms with Gasteiger partial charge in [-0.1, -0.05) is 93.1 Å². The highest BCUT2D eigenvalue weighted by Gasteiger charge is 2.53. The van der Waals surface area contributed by atoms with E-state index >= 15 is 0 Å². The number of benzene rings is 3. The van der Waals surface area contributed by atoms with E-state index in [2.05, 4.69) is 16.0 Å². The van der Waals surface area contributed by atoms with Crippen LogP contribution in [-0.2, 0) is 33.7 Å². The number of aryl methyl sites for hydroxylation is 1. The molecule has 5 atom stereocenters. The Morgan fingerprint density at radius 1 is 0.958 bits per heavy atom. The number of likely N-dealkylation sites (tertiary alicyclic amines) is 1. The molecule has 258 valence electrons. The van der Waals surface area contributed by atoms with Crippen LogP contribution < -0.4 is 20.7 Å². The fourth-order valence-corrected chi connectivity index (χ4v) is 6.43. The van der Waals surface area contributed by atoms with Crippen molar-refractivity contribution in [2.24, 2.45) is 5.92 Å². The number of nitrogens with one attached hydrogen (secondary N) is 3. The van der Waals surface area contributed by atoms with Crippen LogP contribution in [0.4, 0.5) is 4.79 Å². The first-order valence-corrected chi connectivity index (χ1v) is 16.8. The van der Waals surface area contributed by atoms with Gasteiger partial charge in [0, 0.05) is 19.6 Å². The lowest BCUT2D eigenvalue weighted by Crippen LogP contribution is -2.61. The third-order valence-electron chi connectivity index (χ3n) is 9.49. The maximum absolute atomic E-state index is 14.3. The lowest BCUT2D eigenvalue weighted by molar-refractivity contribution is -0.142. The Morgan fingerprint density at radius 2 is 1.62 bits per heavy atom. The number of aliphatic hydroxyl groups is 1. The number of rotatable bonds is 17. The summed E-state index contributed by atoms with van der Waals surface area (Å²) in [4.78, 5) is 42.7. The Kier molecular flexibility index (Phi) is 13.4. The molecule has 0 aliphatic carbocycles. The van der Waals surface area contributed by atoms with Crippen LogP contribution >= 0.6 is 0 Å². The Hall–Kier alpha value is -4.41. The zero-order chi connectivity index (χ0) is 34.5. The summed E-state index contributed by atoms with van der Waals surface area (Å²) in [7, 11) is 2.90. The van der Waals surface area contributed by atoms with Crippen LogP contribution in [0.3, 0.4) is 0 Å². The van der Waals surface area contributed by atoms with Gasteiger partial charge in [0.15, 0.2) is 0 Å². The summed E-state index contributed by atoms with van der Waals surface area (Å²) in [6.07, 6.45) is 0.741. The topological polar surface area (TPSA) is 129 Å². The Balaban J connectivity index is 1.57. The SMILES string of the molecule is CC[C@H](C)[C@@]1(NC(=O)OC)CCN([C@@H](CCc2ccccc2)C(=O)N[C@@H](Cc2ccccc2)[C@H](O)CNCc2cccc(OC)c2)C1=O. The van der Waals surface area contributed by atoms with Gasteiger partial charge < -0.3 is 35.4 Å². The van der Waals surface area contributed by atoms with E-state index in [1.165, 1.54) is 7.11 Å². The Labute approximate surface area is 284 Å². The van der Waals surface area contributed by atoms with E-state index < -0.39 is 29.8 Å². The Bertz CT molecular complexity index is 1470. The summed E-state index contributed by atoms with van der Waals surface area (Å²) >= 11 is 0. The zero-order valence-electron chi connectivity index (χ0n) is 28.5. The molecule has 10 nitrogen and oxygen atoms in total. The number of nitrogens with zero attached hydrogens (tertiary/aromatic N) is 1. The number of hydrogen-bond acceptors (Lipinski definition) is 7. The molecule has 4 N–H and O–H groups in total.